The summed E-state index contributed by atoms with van der Waals surface area (Å²) >= 11 is 0. The van der Waals surface area contributed by atoms with Crippen molar-refractivity contribution in [3.05, 3.63) is 0 Å². The molecular weight excluding hydrogens is 176 g/mol. The molecule has 78 valence electrons. The van der Waals surface area contributed by atoms with E-state index in [1.165, 1.54) is 6.42 Å². The van der Waals surface area contributed by atoms with Gasteiger partial charge in [-0.25, -0.2) is 8.78 Å². The lowest BCUT2D eigenvalue weighted by molar-refractivity contribution is -0.101. The van der Waals surface area contributed by atoms with Gasteiger partial charge in [0.2, 0.25) is 0 Å². The SMILES string of the molecule is NCC1(OCC(F)F)CCCCC1. The molecule has 2 N–H and O–H groups in total. The van der Waals surface area contributed by atoms with Gasteiger partial charge in [-0.15, -0.1) is 0 Å². The zero-order valence-corrected chi connectivity index (χ0v) is 7.77. The van der Waals surface area contributed by atoms with Crippen LogP contribution >= 0.6 is 0 Å². The molecule has 0 bridgehead atoms. The Balaban J connectivity index is 2.38. The summed E-state index contributed by atoms with van der Waals surface area (Å²) in [7, 11) is 0. The van der Waals surface area contributed by atoms with E-state index >= 15 is 0 Å². The van der Waals surface area contributed by atoms with Crippen molar-refractivity contribution in [2.75, 3.05) is 13.2 Å². The van der Waals surface area contributed by atoms with Crippen molar-refractivity contribution >= 4 is 0 Å². The minimum atomic E-state index is -2.38. The van der Waals surface area contributed by atoms with E-state index in [2.05, 4.69) is 0 Å². The first-order valence-corrected chi connectivity index (χ1v) is 4.81. The summed E-state index contributed by atoms with van der Waals surface area (Å²) in [6.45, 7) is -0.114. The molecule has 1 rings (SSSR count). The van der Waals surface area contributed by atoms with Crippen LogP contribution in [0.25, 0.3) is 0 Å². The zero-order valence-electron chi connectivity index (χ0n) is 7.77. The maximum atomic E-state index is 11.9. The summed E-state index contributed by atoms with van der Waals surface area (Å²) in [6.07, 6.45) is 2.53. The summed E-state index contributed by atoms with van der Waals surface area (Å²) < 4.78 is 29.1. The molecular formula is C9H17F2NO. The van der Waals surface area contributed by atoms with Gasteiger partial charge in [0.05, 0.1) is 5.60 Å². The molecule has 0 aromatic rings. The molecule has 0 saturated heterocycles. The van der Waals surface area contributed by atoms with E-state index in [1.54, 1.807) is 0 Å². The average Bonchev–Trinajstić information content (AvgIpc) is 2.16. The molecule has 1 fully saturated rings. The van der Waals surface area contributed by atoms with E-state index in [9.17, 15) is 8.78 Å². The fourth-order valence-electron chi connectivity index (χ4n) is 1.84. The second kappa shape index (κ2) is 4.86. The predicted molar refractivity (Wildman–Crippen MR) is 46.8 cm³/mol. The monoisotopic (exact) mass is 193 g/mol. The van der Waals surface area contributed by atoms with E-state index in [-0.39, 0.29) is 0 Å². The van der Waals surface area contributed by atoms with Crippen LogP contribution in [0.15, 0.2) is 0 Å². The van der Waals surface area contributed by atoms with Crippen LogP contribution in [0.2, 0.25) is 0 Å². The molecule has 0 aromatic carbocycles. The van der Waals surface area contributed by atoms with Crippen molar-refractivity contribution in [3.63, 3.8) is 0 Å². The Kier molecular flexibility index (Phi) is 4.06. The minimum Gasteiger partial charge on any atom is -0.368 e. The highest BCUT2D eigenvalue weighted by Crippen LogP contribution is 2.30. The van der Waals surface area contributed by atoms with Crippen LogP contribution in [0, 0.1) is 0 Å². The number of rotatable bonds is 4. The van der Waals surface area contributed by atoms with Crippen LogP contribution in [0.1, 0.15) is 32.1 Å². The number of alkyl halides is 2. The first-order valence-electron chi connectivity index (χ1n) is 4.81. The van der Waals surface area contributed by atoms with Crippen molar-refractivity contribution in [1.29, 1.82) is 0 Å². The number of hydrogen-bond donors (Lipinski definition) is 1. The first kappa shape index (κ1) is 10.9. The van der Waals surface area contributed by atoms with Gasteiger partial charge in [-0.05, 0) is 12.8 Å². The predicted octanol–water partition coefficient (Wildman–Crippen LogP) is 1.93. The Bertz CT molecular complexity index is 147. The second-order valence-corrected chi connectivity index (χ2v) is 3.65. The maximum absolute atomic E-state index is 11.9. The average molecular weight is 193 g/mol. The number of hydrogen-bond acceptors (Lipinski definition) is 2. The van der Waals surface area contributed by atoms with Gasteiger partial charge < -0.3 is 10.5 Å². The molecule has 4 heteroatoms. The van der Waals surface area contributed by atoms with Crippen molar-refractivity contribution in [2.24, 2.45) is 5.73 Å². The van der Waals surface area contributed by atoms with Crippen molar-refractivity contribution in [2.45, 2.75) is 44.1 Å². The molecule has 0 spiro atoms. The van der Waals surface area contributed by atoms with E-state index in [0.29, 0.717) is 6.54 Å². The third kappa shape index (κ3) is 3.19. The molecule has 0 aromatic heterocycles. The maximum Gasteiger partial charge on any atom is 0.261 e. The van der Waals surface area contributed by atoms with E-state index in [4.69, 9.17) is 10.5 Å². The van der Waals surface area contributed by atoms with E-state index in [0.717, 1.165) is 25.7 Å². The third-order valence-electron chi connectivity index (χ3n) is 2.65. The Hall–Kier alpha value is -0.220. The fourth-order valence-corrected chi connectivity index (χ4v) is 1.84. The quantitative estimate of drug-likeness (QED) is 0.740. The molecule has 2 nitrogen and oxygen atoms in total. The van der Waals surface area contributed by atoms with Crippen LogP contribution in [0.4, 0.5) is 8.78 Å². The molecule has 0 amide bonds. The standard InChI is InChI=1S/C9H17F2NO/c10-8(11)6-13-9(7-12)4-2-1-3-5-9/h8H,1-7,12H2. The lowest BCUT2D eigenvalue weighted by Gasteiger charge is -2.36. The van der Waals surface area contributed by atoms with Gasteiger partial charge in [0, 0.05) is 6.54 Å². The molecule has 0 aliphatic heterocycles. The molecule has 13 heavy (non-hydrogen) atoms. The van der Waals surface area contributed by atoms with Gasteiger partial charge in [-0.1, -0.05) is 19.3 Å². The smallest absolute Gasteiger partial charge is 0.261 e. The van der Waals surface area contributed by atoms with Crippen molar-refractivity contribution < 1.29 is 13.5 Å². The lowest BCUT2D eigenvalue weighted by Crippen LogP contribution is -2.43. The van der Waals surface area contributed by atoms with Gasteiger partial charge in [-0.3, -0.25) is 0 Å². The minimum absolute atomic E-state index is 0.361. The van der Waals surface area contributed by atoms with Gasteiger partial charge in [0.1, 0.15) is 6.61 Å². The fraction of sp³-hybridized carbons (Fsp3) is 1.00. The summed E-state index contributed by atoms with van der Waals surface area (Å²) in [5, 5.41) is 0. The highest BCUT2D eigenvalue weighted by molar-refractivity contribution is 4.85. The Morgan fingerprint density at radius 1 is 1.23 bits per heavy atom. The van der Waals surface area contributed by atoms with Crippen molar-refractivity contribution in [3.8, 4) is 0 Å². The Morgan fingerprint density at radius 3 is 2.31 bits per heavy atom. The topological polar surface area (TPSA) is 35.2 Å². The summed E-state index contributed by atoms with van der Waals surface area (Å²) in [5.41, 5.74) is 5.10. The Labute approximate surface area is 77.4 Å². The van der Waals surface area contributed by atoms with Crippen LogP contribution in [-0.4, -0.2) is 25.2 Å². The molecule has 0 unspecified atom stereocenters. The van der Waals surface area contributed by atoms with Gasteiger partial charge in [-0.2, -0.15) is 0 Å². The third-order valence-corrected chi connectivity index (χ3v) is 2.65. The van der Waals surface area contributed by atoms with Gasteiger partial charge in [0.15, 0.2) is 0 Å². The zero-order chi connectivity index (χ0) is 9.73. The summed E-state index contributed by atoms with van der Waals surface area (Å²) in [5.74, 6) is 0. The normalized spacial score (nSPS) is 22.2. The number of nitrogens with two attached hydrogens (primary N) is 1. The summed E-state index contributed by atoms with van der Waals surface area (Å²) in [6, 6.07) is 0. The van der Waals surface area contributed by atoms with Gasteiger partial charge in [0.25, 0.3) is 6.43 Å². The number of ether oxygens (including phenoxy) is 1. The van der Waals surface area contributed by atoms with Crippen LogP contribution in [0.5, 0.6) is 0 Å². The molecule has 1 aliphatic rings. The first-order chi connectivity index (χ1) is 6.18. The van der Waals surface area contributed by atoms with Crippen LogP contribution in [0.3, 0.4) is 0 Å². The molecule has 1 aliphatic carbocycles. The van der Waals surface area contributed by atoms with E-state index < -0.39 is 18.6 Å². The molecule has 0 atom stereocenters. The highest BCUT2D eigenvalue weighted by Gasteiger charge is 2.32. The van der Waals surface area contributed by atoms with E-state index in [1.807, 2.05) is 0 Å². The van der Waals surface area contributed by atoms with Crippen LogP contribution < -0.4 is 5.73 Å². The van der Waals surface area contributed by atoms with Crippen LogP contribution in [-0.2, 0) is 4.74 Å². The lowest BCUT2D eigenvalue weighted by atomic mass is 9.85. The highest BCUT2D eigenvalue weighted by atomic mass is 19.3. The Morgan fingerprint density at radius 2 is 1.85 bits per heavy atom. The second-order valence-electron chi connectivity index (χ2n) is 3.65. The molecule has 1 saturated carbocycles. The van der Waals surface area contributed by atoms with Crippen molar-refractivity contribution in [1.82, 2.24) is 0 Å². The largest absolute Gasteiger partial charge is 0.368 e. The summed E-state index contributed by atoms with van der Waals surface area (Å²) in [4.78, 5) is 0. The van der Waals surface area contributed by atoms with Gasteiger partial charge >= 0.3 is 0 Å². The molecule has 0 heterocycles. The number of halogens is 2. The molecule has 0 radical (unpaired) electrons.